The van der Waals surface area contributed by atoms with Gasteiger partial charge < -0.3 is 9.90 Å². The van der Waals surface area contributed by atoms with Crippen molar-refractivity contribution in [3.63, 3.8) is 0 Å². The molecule has 0 spiro atoms. The maximum absolute atomic E-state index is 11.7. The zero-order chi connectivity index (χ0) is 12.3. The Kier molecular flexibility index (Phi) is 3.66. The minimum Gasteiger partial charge on any atom is -0.548 e. The van der Waals surface area contributed by atoms with E-state index in [9.17, 15) is 18.3 Å². The van der Waals surface area contributed by atoms with Crippen LogP contribution in [0.15, 0.2) is 29.2 Å². The van der Waals surface area contributed by atoms with Gasteiger partial charge in [-0.15, -0.1) is 0 Å². The van der Waals surface area contributed by atoms with Gasteiger partial charge in [0.25, 0.3) is 0 Å². The SMILES string of the molecule is Cc1ccc(S(=O)(=O)N[C@@H](C)C(=O)[O-])cc1. The number of sulfonamides is 1. The fourth-order valence-electron chi connectivity index (χ4n) is 1.07. The highest BCUT2D eigenvalue weighted by atomic mass is 32.2. The summed E-state index contributed by atoms with van der Waals surface area (Å²) in [5.41, 5.74) is 0.923. The summed E-state index contributed by atoms with van der Waals surface area (Å²) in [4.78, 5) is 10.5. The predicted molar refractivity (Wildman–Crippen MR) is 56.0 cm³/mol. The van der Waals surface area contributed by atoms with Crippen LogP contribution in [0.2, 0.25) is 0 Å². The molecule has 1 rings (SSSR count). The van der Waals surface area contributed by atoms with Gasteiger partial charge in [0.05, 0.1) is 16.9 Å². The van der Waals surface area contributed by atoms with Gasteiger partial charge in [-0.05, 0) is 26.0 Å². The summed E-state index contributed by atoms with van der Waals surface area (Å²) in [6, 6.07) is 4.85. The highest BCUT2D eigenvalue weighted by Crippen LogP contribution is 2.10. The van der Waals surface area contributed by atoms with E-state index in [0.29, 0.717) is 0 Å². The van der Waals surface area contributed by atoms with E-state index in [0.717, 1.165) is 5.56 Å². The molecule has 1 atom stereocenters. The van der Waals surface area contributed by atoms with Crippen molar-refractivity contribution < 1.29 is 18.3 Å². The first-order valence-corrected chi connectivity index (χ1v) is 6.11. The Morgan fingerprint density at radius 2 is 1.81 bits per heavy atom. The molecule has 88 valence electrons. The molecule has 0 aliphatic carbocycles. The molecule has 1 aromatic rings. The number of carboxylic acid groups (broad SMARTS) is 1. The van der Waals surface area contributed by atoms with Crippen LogP contribution in [0.1, 0.15) is 12.5 Å². The maximum Gasteiger partial charge on any atom is 0.241 e. The van der Waals surface area contributed by atoms with Crippen molar-refractivity contribution in [3.05, 3.63) is 29.8 Å². The van der Waals surface area contributed by atoms with E-state index in [1.807, 2.05) is 11.6 Å². The Morgan fingerprint density at radius 1 is 1.31 bits per heavy atom. The van der Waals surface area contributed by atoms with Crippen LogP contribution in [-0.2, 0) is 14.8 Å². The lowest BCUT2D eigenvalue weighted by atomic mass is 10.2. The first-order chi connectivity index (χ1) is 7.33. The monoisotopic (exact) mass is 242 g/mol. The van der Waals surface area contributed by atoms with Gasteiger partial charge >= 0.3 is 0 Å². The van der Waals surface area contributed by atoms with Gasteiger partial charge in [0.1, 0.15) is 0 Å². The van der Waals surface area contributed by atoms with E-state index in [4.69, 9.17) is 0 Å². The van der Waals surface area contributed by atoms with Gasteiger partial charge in [-0.1, -0.05) is 17.7 Å². The van der Waals surface area contributed by atoms with E-state index >= 15 is 0 Å². The van der Waals surface area contributed by atoms with Crippen LogP contribution < -0.4 is 9.83 Å². The van der Waals surface area contributed by atoms with Gasteiger partial charge in [-0.25, -0.2) is 13.1 Å². The largest absolute Gasteiger partial charge is 0.548 e. The number of benzene rings is 1. The van der Waals surface area contributed by atoms with Gasteiger partial charge in [-0.2, -0.15) is 0 Å². The van der Waals surface area contributed by atoms with Crippen molar-refractivity contribution in [2.45, 2.75) is 24.8 Å². The molecule has 0 saturated carbocycles. The summed E-state index contributed by atoms with van der Waals surface area (Å²) >= 11 is 0. The number of hydrogen-bond donors (Lipinski definition) is 1. The van der Waals surface area contributed by atoms with Gasteiger partial charge in [0.15, 0.2) is 0 Å². The number of carbonyl (C=O) groups is 1. The molecule has 0 saturated heterocycles. The first-order valence-electron chi connectivity index (χ1n) is 4.63. The van der Waals surface area contributed by atoms with E-state index in [1.165, 1.54) is 19.1 Å². The average molecular weight is 242 g/mol. The lowest BCUT2D eigenvalue weighted by molar-refractivity contribution is -0.307. The number of nitrogens with one attached hydrogen (secondary N) is 1. The molecule has 0 aliphatic rings. The van der Waals surface area contributed by atoms with Crippen molar-refractivity contribution in [3.8, 4) is 0 Å². The zero-order valence-electron chi connectivity index (χ0n) is 8.93. The standard InChI is InChI=1S/C10H13NO4S/c1-7-3-5-9(6-4-7)16(14,15)11-8(2)10(12)13/h3-6,8,11H,1-2H3,(H,12,13)/p-1/t8-/m0/s1. The van der Waals surface area contributed by atoms with Gasteiger partial charge in [0.2, 0.25) is 10.0 Å². The summed E-state index contributed by atoms with van der Waals surface area (Å²) in [5.74, 6) is -1.46. The minimum atomic E-state index is -3.79. The number of carbonyl (C=O) groups excluding carboxylic acids is 1. The number of rotatable bonds is 4. The molecule has 1 N–H and O–H groups in total. The molecular weight excluding hydrogens is 230 g/mol. The quantitative estimate of drug-likeness (QED) is 0.764. The Labute approximate surface area is 94.2 Å². The second-order valence-electron chi connectivity index (χ2n) is 3.48. The molecule has 1 aromatic carbocycles. The lowest BCUT2D eigenvalue weighted by Crippen LogP contribution is -2.45. The van der Waals surface area contributed by atoms with Gasteiger partial charge in [0, 0.05) is 0 Å². The second kappa shape index (κ2) is 4.63. The second-order valence-corrected chi connectivity index (χ2v) is 5.19. The van der Waals surface area contributed by atoms with Crippen LogP contribution in [0, 0.1) is 6.92 Å². The lowest BCUT2D eigenvalue weighted by Gasteiger charge is -2.14. The van der Waals surface area contributed by atoms with Gasteiger partial charge in [-0.3, -0.25) is 0 Å². The highest BCUT2D eigenvalue weighted by Gasteiger charge is 2.17. The third-order valence-electron chi connectivity index (χ3n) is 2.02. The molecule has 6 heteroatoms. The average Bonchev–Trinajstić information content (AvgIpc) is 2.17. The highest BCUT2D eigenvalue weighted by molar-refractivity contribution is 7.89. The molecule has 0 bridgehead atoms. The maximum atomic E-state index is 11.7. The van der Waals surface area contributed by atoms with Crippen LogP contribution in [0.5, 0.6) is 0 Å². The number of hydrogen-bond acceptors (Lipinski definition) is 4. The predicted octanol–water partition coefficient (Wildman–Crippen LogP) is -0.588. The molecule has 0 aromatic heterocycles. The summed E-state index contributed by atoms with van der Waals surface area (Å²) in [6.07, 6.45) is 0. The number of aliphatic carboxylic acids is 1. The van der Waals surface area contributed by atoms with Crippen molar-refractivity contribution in [2.24, 2.45) is 0 Å². The Balaban J connectivity index is 2.94. The minimum absolute atomic E-state index is 0.0335. The Hall–Kier alpha value is -1.40. The third kappa shape index (κ3) is 3.04. The Morgan fingerprint density at radius 3 is 2.25 bits per heavy atom. The first kappa shape index (κ1) is 12.7. The molecule has 0 fully saturated rings. The fourth-order valence-corrected chi connectivity index (χ4v) is 2.26. The number of carboxylic acids is 1. The molecule has 0 unspecified atom stereocenters. The summed E-state index contributed by atoms with van der Waals surface area (Å²) in [6.45, 7) is 3.04. The molecule has 0 heterocycles. The molecular formula is C10H12NO4S-. The van der Waals surface area contributed by atoms with E-state index in [2.05, 4.69) is 0 Å². The fraction of sp³-hybridized carbons (Fsp3) is 0.300. The van der Waals surface area contributed by atoms with Crippen molar-refractivity contribution in [2.75, 3.05) is 0 Å². The topological polar surface area (TPSA) is 86.3 Å². The molecule has 0 aliphatic heterocycles. The zero-order valence-corrected chi connectivity index (χ0v) is 9.74. The molecule has 0 amide bonds. The normalized spacial score (nSPS) is 13.4. The van der Waals surface area contributed by atoms with Crippen molar-refractivity contribution >= 4 is 16.0 Å². The molecule has 5 nitrogen and oxygen atoms in total. The number of aryl methyl sites for hydroxylation is 1. The smallest absolute Gasteiger partial charge is 0.241 e. The van der Waals surface area contributed by atoms with E-state index in [1.54, 1.807) is 12.1 Å². The van der Waals surface area contributed by atoms with Crippen molar-refractivity contribution in [1.29, 1.82) is 0 Å². The van der Waals surface area contributed by atoms with E-state index in [-0.39, 0.29) is 4.90 Å². The van der Waals surface area contributed by atoms with E-state index < -0.39 is 22.0 Å². The Bertz CT molecular complexity index is 478. The van der Waals surface area contributed by atoms with Crippen LogP contribution in [0.25, 0.3) is 0 Å². The molecule has 16 heavy (non-hydrogen) atoms. The van der Waals surface area contributed by atoms with Crippen LogP contribution in [0.4, 0.5) is 0 Å². The van der Waals surface area contributed by atoms with Crippen LogP contribution >= 0.6 is 0 Å². The summed E-state index contributed by atoms with van der Waals surface area (Å²) in [5, 5.41) is 10.4. The van der Waals surface area contributed by atoms with Crippen LogP contribution in [-0.4, -0.2) is 20.4 Å². The summed E-state index contributed by atoms with van der Waals surface area (Å²) in [7, 11) is -3.79. The van der Waals surface area contributed by atoms with Crippen molar-refractivity contribution in [1.82, 2.24) is 4.72 Å². The third-order valence-corrected chi connectivity index (χ3v) is 3.57. The summed E-state index contributed by atoms with van der Waals surface area (Å²) < 4.78 is 25.3. The molecule has 0 radical (unpaired) electrons. The van der Waals surface area contributed by atoms with Crippen LogP contribution in [0.3, 0.4) is 0 Å².